The topological polar surface area (TPSA) is 49.0 Å². The highest BCUT2D eigenvalue weighted by atomic mass is 16.4. The minimum absolute atomic E-state index is 0.394. The third-order valence-corrected chi connectivity index (χ3v) is 7.61. The van der Waals surface area contributed by atoms with Crippen LogP contribution in [0.5, 0.6) is 0 Å². The molecular weight excluding hydrogens is 482 g/mol. The van der Waals surface area contributed by atoms with Crippen LogP contribution in [-0.2, 0) is 13.1 Å². The summed E-state index contributed by atoms with van der Waals surface area (Å²) in [5.74, 6) is 0. The number of hydrogen-bond acceptors (Lipinski definition) is 5. The van der Waals surface area contributed by atoms with Crippen LogP contribution < -0.4 is 10.5 Å². The van der Waals surface area contributed by atoms with E-state index >= 15 is 0 Å². The Balaban J connectivity index is 1.35. The van der Waals surface area contributed by atoms with Crippen LogP contribution in [0.4, 0.5) is 5.69 Å². The molecule has 0 saturated carbocycles. The van der Waals surface area contributed by atoms with Crippen molar-refractivity contribution in [1.82, 2.24) is 5.01 Å². The molecule has 0 unspecified atom stereocenters. The Labute approximate surface area is 226 Å². The highest BCUT2D eigenvalue weighted by molar-refractivity contribution is 6.08. The molecule has 0 fully saturated rings. The van der Waals surface area contributed by atoms with Gasteiger partial charge in [-0.1, -0.05) is 72.8 Å². The second-order valence-corrected chi connectivity index (χ2v) is 10.3. The average Bonchev–Trinajstić information content (AvgIpc) is 3.12. The Morgan fingerprint density at radius 1 is 0.744 bits per heavy atom. The van der Waals surface area contributed by atoms with Gasteiger partial charge >= 0.3 is 5.63 Å². The summed E-state index contributed by atoms with van der Waals surface area (Å²) in [6, 6.07) is 33.7. The van der Waals surface area contributed by atoms with Gasteiger partial charge in [-0.2, -0.15) is 5.10 Å². The molecule has 0 aliphatic carbocycles. The van der Waals surface area contributed by atoms with Crippen LogP contribution in [0.2, 0.25) is 0 Å². The average molecular weight is 510 g/mol. The lowest BCUT2D eigenvalue weighted by Crippen LogP contribution is -2.17. The first-order chi connectivity index (χ1) is 19.0. The standard InChI is InChI=1S/C34H27N3O2/c1-36(2)28-16-15-24-17-27(34(38)39-31(24)18-28)19-35-37-20-25-13-11-22-7-3-5-9-29(22)32(25)33-26(21-37)14-12-23-8-4-6-10-30(23)33/h3-19H,20-21H2,1-2H3/b35-19+. The molecule has 39 heavy (non-hydrogen) atoms. The van der Waals surface area contributed by atoms with Crippen LogP contribution in [-0.4, -0.2) is 25.3 Å². The Bertz CT molecular complexity index is 1900. The predicted molar refractivity (Wildman–Crippen MR) is 161 cm³/mol. The minimum Gasteiger partial charge on any atom is -0.422 e. The zero-order chi connectivity index (χ0) is 26.5. The Kier molecular flexibility index (Phi) is 5.44. The molecule has 0 radical (unpaired) electrons. The summed E-state index contributed by atoms with van der Waals surface area (Å²) in [5.41, 5.74) is 6.54. The van der Waals surface area contributed by atoms with Crippen molar-refractivity contribution in [2.24, 2.45) is 5.10 Å². The van der Waals surface area contributed by atoms with Crippen molar-refractivity contribution in [2.75, 3.05) is 19.0 Å². The normalized spacial score (nSPS) is 13.1. The molecule has 1 aromatic heterocycles. The van der Waals surface area contributed by atoms with E-state index in [0.717, 1.165) is 11.1 Å². The zero-order valence-electron chi connectivity index (χ0n) is 21.9. The van der Waals surface area contributed by atoms with Gasteiger partial charge in [-0.3, -0.25) is 5.01 Å². The van der Waals surface area contributed by atoms with Gasteiger partial charge in [0.1, 0.15) is 5.58 Å². The van der Waals surface area contributed by atoms with Crippen molar-refractivity contribution in [3.05, 3.63) is 124 Å². The fourth-order valence-electron chi connectivity index (χ4n) is 5.65. The molecule has 190 valence electrons. The van der Waals surface area contributed by atoms with Crippen molar-refractivity contribution in [1.29, 1.82) is 0 Å². The third-order valence-electron chi connectivity index (χ3n) is 7.61. The Morgan fingerprint density at radius 2 is 1.33 bits per heavy atom. The van der Waals surface area contributed by atoms with E-state index in [2.05, 4.69) is 72.8 Å². The molecule has 0 spiro atoms. The van der Waals surface area contributed by atoms with E-state index in [1.165, 1.54) is 43.8 Å². The van der Waals surface area contributed by atoms with Crippen molar-refractivity contribution < 1.29 is 4.42 Å². The van der Waals surface area contributed by atoms with E-state index in [4.69, 9.17) is 9.52 Å². The number of fused-ring (bicyclic) bond motifs is 8. The molecule has 0 amide bonds. The highest BCUT2D eigenvalue weighted by Gasteiger charge is 2.22. The Morgan fingerprint density at radius 3 is 1.95 bits per heavy atom. The van der Waals surface area contributed by atoms with Crippen LogP contribution in [0.1, 0.15) is 16.7 Å². The summed E-state index contributed by atoms with van der Waals surface area (Å²) in [6.45, 7) is 1.26. The minimum atomic E-state index is -0.394. The van der Waals surface area contributed by atoms with Gasteiger partial charge in [-0.15, -0.1) is 0 Å². The predicted octanol–water partition coefficient (Wildman–Crippen LogP) is 7.18. The van der Waals surface area contributed by atoms with E-state index in [0.29, 0.717) is 24.2 Å². The quantitative estimate of drug-likeness (QED) is 0.187. The zero-order valence-corrected chi connectivity index (χ0v) is 21.9. The molecule has 2 heterocycles. The molecule has 0 N–H and O–H groups in total. The van der Waals surface area contributed by atoms with Gasteiger partial charge in [-0.05, 0) is 62.0 Å². The first-order valence-corrected chi connectivity index (χ1v) is 13.1. The number of anilines is 1. The maximum Gasteiger partial charge on any atom is 0.345 e. The van der Waals surface area contributed by atoms with E-state index in [1.54, 1.807) is 6.21 Å². The van der Waals surface area contributed by atoms with Gasteiger partial charge in [0, 0.05) is 31.2 Å². The lowest BCUT2D eigenvalue weighted by atomic mass is 9.88. The fourth-order valence-corrected chi connectivity index (χ4v) is 5.65. The van der Waals surface area contributed by atoms with Crippen molar-refractivity contribution in [3.8, 4) is 11.1 Å². The molecule has 1 aliphatic rings. The van der Waals surface area contributed by atoms with Gasteiger partial charge in [0.05, 0.1) is 24.9 Å². The van der Waals surface area contributed by atoms with Crippen LogP contribution in [0, 0.1) is 0 Å². The number of hydrogen-bond donors (Lipinski definition) is 0. The summed E-state index contributed by atoms with van der Waals surface area (Å²) >= 11 is 0. The molecule has 0 saturated heterocycles. The van der Waals surface area contributed by atoms with Crippen LogP contribution >= 0.6 is 0 Å². The number of nitrogens with zero attached hydrogens (tertiary/aromatic N) is 3. The molecular formula is C34H27N3O2. The molecule has 0 atom stereocenters. The molecule has 5 heteroatoms. The van der Waals surface area contributed by atoms with Gasteiger partial charge in [0.25, 0.3) is 0 Å². The molecule has 1 aliphatic heterocycles. The van der Waals surface area contributed by atoms with Crippen LogP contribution in [0.3, 0.4) is 0 Å². The van der Waals surface area contributed by atoms with E-state index in [-0.39, 0.29) is 0 Å². The fraction of sp³-hybridized carbons (Fsp3) is 0.118. The van der Waals surface area contributed by atoms with E-state index in [1.807, 2.05) is 48.3 Å². The summed E-state index contributed by atoms with van der Waals surface area (Å²) in [4.78, 5) is 14.8. The second-order valence-electron chi connectivity index (χ2n) is 10.3. The van der Waals surface area contributed by atoms with Crippen molar-refractivity contribution in [3.63, 3.8) is 0 Å². The molecule has 5 nitrogen and oxygen atoms in total. The van der Waals surface area contributed by atoms with Gasteiger partial charge in [0.15, 0.2) is 0 Å². The first kappa shape index (κ1) is 23.2. The number of benzene rings is 5. The SMILES string of the molecule is CN(C)c1ccc2cc(/C=N/N3Cc4ccc5ccccc5c4-c4c(ccc5ccccc45)C3)c(=O)oc2c1. The summed E-state index contributed by atoms with van der Waals surface area (Å²) in [7, 11) is 3.92. The maximum absolute atomic E-state index is 12.9. The molecule has 0 bridgehead atoms. The highest BCUT2D eigenvalue weighted by Crippen LogP contribution is 2.42. The summed E-state index contributed by atoms with van der Waals surface area (Å²) in [5, 5.41) is 12.7. The third kappa shape index (κ3) is 4.03. The first-order valence-electron chi connectivity index (χ1n) is 13.1. The van der Waals surface area contributed by atoms with E-state index < -0.39 is 5.63 Å². The lowest BCUT2D eigenvalue weighted by molar-refractivity contribution is 0.276. The molecule has 7 rings (SSSR count). The monoisotopic (exact) mass is 509 g/mol. The van der Waals surface area contributed by atoms with Gasteiger partial charge in [-0.25, -0.2) is 4.79 Å². The number of rotatable bonds is 3. The Hall–Kier alpha value is -4.90. The summed E-state index contributed by atoms with van der Waals surface area (Å²) in [6.07, 6.45) is 1.64. The second kappa shape index (κ2) is 9.14. The smallest absolute Gasteiger partial charge is 0.345 e. The molecule has 5 aromatic carbocycles. The van der Waals surface area contributed by atoms with Crippen LogP contribution in [0.25, 0.3) is 43.6 Å². The van der Waals surface area contributed by atoms with Gasteiger partial charge in [0.2, 0.25) is 0 Å². The number of hydrazone groups is 1. The summed E-state index contributed by atoms with van der Waals surface area (Å²) < 4.78 is 5.67. The molecule has 6 aromatic rings. The lowest BCUT2D eigenvalue weighted by Gasteiger charge is -2.17. The van der Waals surface area contributed by atoms with Crippen molar-refractivity contribution >= 4 is 44.4 Å². The maximum atomic E-state index is 12.9. The van der Waals surface area contributed by atoms with Crippen molar-refractivity contribution in [2.45, 2.75) is 13.1 Å². The van der Waals surface area contributed by atoms with E-state index in [9.17, 15) is 4.79 Å². The largest absolute Gasteiger partial charge is 0.422 e. The van der Waals surface area contributed by atoms with Gasteiger partial charge < -0.3 is 9.32 Å². The van der Waals surface area contributed by atoms with Crippen LogP contribution in [0.15, 0.2) is 111 Å².